The molecule has 0 spiro atoms. The number of nitriles is 1. The van der Waals surface area contributed by atoms with Crippen LogP contribution in [0.3, 0.4) is 0 Å². The van der Waals surface area contributed by atoms with Gasteiger partial charge in [0.2, 0.25) is 5.91 Å². The van der Waals surface area contributed by atoms with Crippen LogP contribution in [0.25, 0.3) is 0 Å². The summed E-state index contributed by atoms with van der Waals surface area (Å²) in [6.45, 7) is 6.28. The summed E-state index contributed by atoms with van der Waals surface area (Å²) in [5.74, 6) is -0.306. The quantitative estimate of drug-likeness (QED) is 0.828. The average molecular weight is 272 g/mol. The van der Waals surface area contributed by atoms with Crippen LogP contribution in [0.4, 0.5) is 0 Å². The van der Waals surface area contributed by atoms with E-state index >= 15 is 0 Å². The van der Waals surface area contributed by atoms with E-state index in [1.165, 1.54) is 0 Å². The Balaban J connectivity index is 2.62. The summed E-state index contributed by atoms with van der Waals surface area (Å²) >= 11 is 0. The number of benzene rings is 1. The Kier molecular flexibility index (Phi) is 6.79. The van der Waals surface area contributed by atoms with Gasteiger partial charge in [-0.1, -0.05) is 57.0 Å². The van der Waals surface area contributed by atoms with Crippen LogP contribution >= 0.6 is 0 Å². The minimum Gasteiger partial charge on any atom is -0.352 e. The number of hydrogen-bond donors (Lipinski definition) is 1. The summed E-state index contributed by atoms with van der Waals surface area (Å²) < 4.78 is 0. The second-order valence-corrected chi connectivity index (χ2v) is 5.25. The molecule has 1 amide bonds. The molecule has 0 saturated carbocycles. The van der Waals surface area contributed by atoms with Crippen molar-refractivity contribution in [3.8, 4) is 6.07 Å². The van der Waals surface area contributed by atoms with Crippen LogP contribution in [-0.2, 0) is 11.2 Å². The monoisotopic (exact) mass is 272 g/mol. The minimum atomic E-state index is -0.616. The van der Waals surface area contributed by atoms with Crippen LogP contribution in [0.5, 0.6) is 0 Å². The van der Waals surface area contributed by atoms with E-state index in [9.17, 15) is 10.1 Å². The highest BCUT2D eigenvalue weighted by molar-refractivity contribution is 5.81. The van der Waals surface area contributed by atoms with Crippen molar-refractivity contribution in [1.82, 2.24) is 5.32 Å². The smallest absolute Gasteiger partial charge is 0.237 e. The average Bonchev–Trinajstić information content (AvgIpc) is 2.47. The lowest BCUT2D eigenvalue weighted by molar-refractivity contribution is -0.124. The Morgan fingerprint density at radius 2 is 1.85 bits per heavy atom. The van der Waals surface area contributed by atoms with Gasteiger partial charge in [-0.15, -0.1) is 0 Å². The summed E-state index contributed by atoms with van der Waals surface area (Å²) in [5.41, 5.74) is 1.02. The van der Waals surface area contributed by atoms with Crippen molar-refractivity contribution in [3.63, 3.8) is 0 Å². The zero-order chi connectivity index (χ0) is 15.0. The fraction of sp³-hybridized carbons (Fsp3) is 0.529. The summed E-state index contributed by atoms with van der Waals surface area (Å²) in [6, 6.07) is 11.9. The molecule has 0 aliphatic rings. The molecule has 20 heavy (non-hydrogen) atoms. The molecule has 0 aromatic heterocycles. The number of hydrogen-bond acceptors (Lipinski definition) is 2. The molecule has 1 aromatic rings. The molecule has 0 aliphatic heterocycles. The van der Waals surface area contributed by atoms with Gasteiger partial charge in [-0.2, -0.15) is 5.26 Å². The maximum atomic E-state index is 12.2. The lowest BCUT2D eigenvalue weighted by atomic mass is 9.94. The number of carbonyl (C=O) groups is 1. The summed E-state index contributed by atoms with van der Waals surface area (Å²) in [7, 11) is 0. The standard InChI is InChI=1S/C17H24N2O/c1-4-15(5-2)13(3)19-17(20)16(12-18)11-14-9-7-6-8-10-14/h6-10,13,15-16H,4-5,11H2,1-3H3,(H,19,20). The molecule has 1 rings (SSSR count). The molecule has 0 bridgehead atoms. The van der Waals surface area contributed by atoms with Crippen LogP contribution in [0, 0.1) is 23.2 Å². The van der Waals surface area contributed by atoms with Gasteiger partial charge in [0.15, 0.2) is 0 Å². The van der Waals surface area contributed by atoms with Crippen LogP contribution in [0.2, 0.25) is 0 Å². The maximum absolute atomic E-state index is 12.2. The fourth-order valence-electron chi connectivity index (χ4n) is 2.49. The van der Waals surface area contributed by atoms with Gasteiger partial charge < -0.3 is 5.32 Å². The van der Waals surface area contributed by atoms with E-state index in [0.29, 0.717) is 12.3 Å². The highest BCUT2D eigenvalue weighted by Crippen LogP contribution is 2.14. The van der Waals surface area contributed by atoms with E-state index in [0.717, 1.165) is 18.4 Å². The lowest BCUT2D eigenvalue weighted by Gasteiger charge is -2.23. The fourth-order valence-corrected chi connectivity index (χ4v) is 2.49. The molecule has 2 atom stereocenters. The molecule has 0 saturated heterocycles. The predicted molar refractivity (Wildman–Crippen MR) is 80.9 cm³/mol. The van der Waals surface area contributed by atoms with E-state index in [4.69, 9.17) is 0 Å². The van der Waals surface area contributed by atoms with Crippen LogP contribution in [0.15, 0.2) is 30.3 Å². The molecule has 0 heterocycles. The van der Waals surface area contributed by atoms with Gasteiger partial charge in [0.25, 0.3) is 0 Å². The molecule has 1 aromatic carbocycles. The number of nitrogens with zero attached hydrogens (tertiary/aromatic N) is 1. The van der Waals surface area contributed by atoms with Crippen LogP contribution in [0.1, 0.15) is 39.2 Å². The highest BCUT2D eigenvalue weighted by Gasteiger charge is 2.22. The first kappa shape index (κ1) is 16.2. The lowest BCUT2D eigenvalue weighted by Crippen LogP contribution is -2.41. The third-order valence-corrected chi connectivity index (χ3v) is 3.88. The topological polar surface area (TPSA) is 52.9 Å². The van der Waals surface area contributed by atoms with Crippen molar-refractivity contribution >= 4 is 5.91 Å². The van der Waals surface area contributed by atoms with Gasteiger partial charge in [-0.25, -0.2) is 0 Å². The van der Waals surface area contributed by atoms with Gasteiger partial charge in [-0.3, -0.25) is 4.79 Å². The maximum Gasteiger partial charge on any atom is 0.237 e. The van der Waals surface area contributed by atoms with E-state index in [-0.39, 0.29) is 11.9 Å². The molecule has 0 radical (unpaired) electrons. The SMILES string of the molecule is CCC(CC)C(C)NC(=O)C(C#N)Cc1ccccc1. The molecular weight excluding hydrogens is 248 g/mol. The Labute approximate surface area is 122 Å². The summed E-state index contributed by atoms with van der Waals surface area (Å²) in [4.78, 5) is 12.2. The summed E-state index contributed by atoms with van der Waals surface area (Å²) in [6.07, 6.45) is 2.54. The van der Waals surface area contributed by atoms with Crippen LogP contribution < -0.4 is 5.32 Å². The molecule has 3 heteroatoms. The van der Waals surface area contributed by atoms with Crippen molar-refractivity contribution in [1.29, 1.82) is 5.26 Å². The Hall–Kier alpha value is -1.82. The molecular formula is C17H24N2O. The molecule has 0 fully saturated rings. The Morgan fingerprint density at radius 1 is 1.25 bits per heavy atom. The zero-order valence-corrected chi connectivity index (χ0v) is 12.6. The summed E-state index contributed by atoms with van der Waals surface area (Å²) in [5, 5.41) is 12.2. The molecule has 1 N–H and O–H groups in total. The Morgan fingerprint density at radius 3 is 2.35 bits per heavy atom. The van der Waals surface area contributed by atoms with Gasteiger partial charge in [0.1, 0.15) is 5.92 Å². The van der Waals surface area contributed by atoms with Gasteiger partial charge in [0, 0.05) is 6.04 Å². The largest absolute Gasteiger partial charge is 0.352 e. The zero-order valence-electron chi connectivity index (χ0n) is 12.6. The van der Waals surface area contributed by atoms with Crippen LogP contribution in [-0.4, -0.2) is 11.9 Å². The van der Waals surface area contributed by atoms with Crippen molar-refractivity contribution in [3.05, 3.63) is 35.9 Å². The first-order valence-corrected chi connectivity index (χ1v) is 7.36. The third-order valence-electron chi connectivity index (χ3n) is 3.88. The van der Waals surface area contributed by atoms with E-state index in [1.807, 2.05) is 37.3 Å². The number of carbonyl (C=O) groups excluding carboxylic acids is 1. The van der Waals surface area contributed by atoms with Crippen molar-refractivity contribution in [2.75, 3.05) is 0 Å². The molecule has 108 valence electrons. The minimum absolute atomic E-state index is 0.115. The number of rotatable bonds is 7. The number of nitrogens with one attached hydrogen (secondary N) is 1. The predicted octanol–water partition coefficient (Wildman–Crippen LogP) is 3.31. The molecule has 3 nitrogen and oxygen atoms in total. The van der Waals surface area contributed by atoms with Crippen molar-refractivity contribution < 1.29 is 4.79 Å². The second-order valence-electron chi connectivity index (χ2n) is 5.25. The molecule has 2 unspecified atom stereocenters. The normalized spacial score (nSPS) is 13.6. The first-order valence-electron chi connectivity index (χ1n) is 7.36. The molecule has 0 aliphatic carbocycles. The van der Waals surface area contributed by atoms with E-state index < -0.39 is 5.92 Å². The number of amides is 1. The Bertz CT molecular complexity index is 446. The van der Waals surface area contributed by atoms with Gasteiger partial charge in [0.05, 0.1) is 6.07 Å². The van der Waals surface area contributed by atoms with Crippen molar-refractivity contribution in [2.45, 2.75) is 46.1 Å². The second kappa shape index (κ2) is 8.37. The van der Waals surface area contributed by atoms with E-state index in [2.05, 4.69) is 25.2 Å². The van der Waals surface area contributed by atoms with Crippen molar-refractivity contribution in [2.24, 2.45) is 11.8 Å². The van der Waals surface area contributed by atoms with E-state index in [1.54, 1.807) is 0 Å². The van der Waals surface area contributed by atoms with Gasteiger partial charge in [-0.05, 0) is 24.8 Å². The van der Waals surface area contributed by atoms with Gasteiger partial charge >= 0.3 is 0 Å². The third kappa shape index (κ3) is 4.70. The highest BCUT2D eigenvalue weighted by atomic mass is 16.1. The first-order chi connectivity index (χ1) is 9.62.